The molecule has 0 bridgehead atoms. The van der Waals surface area contributed by atoms with Gasteiger partial charge in [0.2, 0.25) is 5.91 Å². The smallest absolute Gasteiger partial charge is 0.257 e. The molecule has 146 valence electrons. The average Bonchev–Trinajstić information content (AvgIpc) is 3.21. The second kappa shape index (κ2) is 8.39. The van der Waals surface area contributed by atoms with Gasteiger partial charge in [0.15, 0.2) is 5.13 Å². The van der Waals surface area contributed by atoms with Crippen LogP contribution in [0.1, 0.15) is 42.0 Å². The van der Waals surface area contributed by atoms with E-state index in [1.807, 2.05) is 5.38 Å². The maximum atomic E-state index is 12.5. The number of nitrogens with zero attached hydrogens (tertiary/aromatic N) is 2. The lowest BCUT2D eigenvalue weighted by Gasteiger charge is -2.07. The van der Waals surface area contributed by atoms with Gasteiger partial charge in [-0.15, -0.1) is 11.3 Å². The first kappa shape index (κ1) is 19.8. The highest BCUT2D eigenvalue weighted by atomic mass is 32.1. The van der Waals surface area contributed by atoms with Crippen LogP contribution >= 0.6 is 11.3 Å². The predicted octanol–water partition coefficient (Wildman–Crippen LogP) is 4.85. The zero-order chi connectivity index (χ0) is 20.3. The number of benzene rings is 1. The van der Waals surface area contributed by atoms with E-state index in [1.54, 1.807) is 24.3 Å². The fraction of sp³-hybridized carbons (Fsp3) is 0.286. The van der Waals surface area contributed by atoms with Crippen molar-refractivity contribution in [1.82, 2.24) is 9.55 Å². The Morgan fingerprint density at radius 3 is 2.50 bits per heavy atom. The zero-order valence-corrected chi connectivity index (χ0v) is 17.3. The minimum absolute atomic E-state index is 0.147. The molecule has 0 aliphatic rings. The zero-order valence-electron chi connectivity index (χ0n) is 16.5. The molecule has 2 aromatic heterocycles. The van der Waals surface area contributed by atoms with Crippen LogP contribution in [0.4, 0.5) is 10.8 Å². The second-order valence-corrected chi connectivity index (χ2v) is 7.55. The molecule has 0 radical (unpaired) electrons. The lowest BCUT2D eigenvalue weighted by Crippen LogP contribution is -2.12. The molecule has 6 nitrogen and oxygen atoms in total. The van der Waals surface area contributed by atoms with Crippen LogP contribution in [-0.2, 0) is 11.3 Å². The van der Waals surface area contributed by atoms with Crippen molar-refractivity contribution in [2.75, 3.05) is 10.6 Å². The molecule has 0 saturated carbocycles. The molecule has 3 rings (SSSR count). The van der Waals surface area contributed by atoms with Crippen molar-refractivity contribution in [1.29, 1.82) is 0 Å². The van der Waals surface area contributed by atoms with Crippen molar-refractivity contribution in [2.45, 2.75) is 40.7 Å². The van der Waals surface area contributed by atoms with Crippen molar-refractivity contribution in [3.63, 3.8) is 0 Å². The van der Waals surface area contributed by atoms with Gasteiger partial charge in [-0.25, -0.2) is 4.98 Å². The topological polar surface area (TPSA) is 76.0 Å². The molecule has 2 amide bonds. The first-order valence-corrected chi connectivity index (χ1v) is 10.1. The molecule has 2 N–H and O–H groups in total. The fourth-order valence-electron chi connectivity index (χ4n) is 3.16. The monoisotopic (exact) mass is 396 g/mol. The van der Waals surface area contributed by atoms with Gasteiger partial charge in [-0.05, 0) is 50.6 Å². The van der Waals surface area contributed by atoms with E-state index >= 15 is 0 Å². The van der Waals surface area contributed by atoms with Crippen LogP contribution in [0.2, 0.25) is 0 Å². The lowest BCUT2D eigenvalue weighted by atomic mass is 10.2. The third-order valence-electron chi connectivity index (χ3n) is 4.49. The van der Waals surface area contributed by atoms with Crippen molar-refractivity contribution >= 4 is 34.0 Å². The third-order valence-corrected chi connectivity index (χ3v) is 5.25. The summed E-state index contributed by atoms with van der Waals surface area (Å²) in [5.41, 5.74) is 5.54. The van der Waals surface area contributed by atoms with Crippen molar-refractivity contribution in [3.8, 4) is 11.3 Å². The van der Waals surface area contributed by atoms with E-state index in [-0.39, 0.29) is 11.8 Å². The Morgan fingerprint density at radius 2 is 1.86 bits per heavy atom. The number of carbonyl (C=O) groups excluding carboxylic acids is 2. The molecule has 0 aliphatic carbocycles. The summed E-state index contributed by atoms with van der Waals surface area (Å²) in [6.45, 7) is 8.80. The second-order valence-electron chi connectivity index (χ2n) is 6.69. The van der Waals surface area contributed by atoms with E-state index in [0.717, 1.165) is 24.2 Å². The first-order chi connectivity index (χ1) is 13.4. The molecule has 0 saturated heterocycles. The largest absolute Gasteiger partial charge is 0.348 e. The van der Waals surface area contributed by atoms with Crippen LogP contribution in [0.5, 0.6) is 0 Å². The molecule has 0 fully saturated rings. The highest BCUT2D eigenvalue weighted by Crippen LogP contribution is 2.30. The van der Waals surface area contributed by atoms with E-state index < -0.39 is 0 Å². The number of aromatic nitrogens is 2. The quantitative estimate of drug-likeness (QED) is 0.625. The van der Waals surface area contributed by atoms with Gasteiger partial charge in [0.1, 0.15) is 0 Å². The number of thiazole rings is 1. The molecule has 2 heterocycles. The molecule has 0 atom stereocenters. The fourth-order valence-corrected chi connectivity index (χ4v) is 3.87. The molecule has 1 aromatic carbocycles. The summed E-state index contributed by atoms with van der Waals surface area (Å²) in [7, 11) is 0. The maximum Gasteiger partial charge on any atom is 0.257 e. The third kappa shape index (κ3) is 4.31. The normalized spacial score (nSPS) is 10.7. The molecule has 7 heteroatoms. The highest BCUT2D eigenvalue weighted by molar-refractivity contribution is 7.14. The Labute approximate surface area is 168 Å². The van der Waals surface area contributed by atoms with Gasteiger partial charge in [0, 0.05) is 47.1 Å². The Kier molecular flexibility index (Phi) is 5.94. The van der Waals surface area contributed by atoms with Crippen molar-refractivity contribution < 1.29 is 9.59 Å². The van der Waals surface area contributed by atoms with Gasteiger partial charge < -0.3 is 9.88 Å². The molecule has 0 aliphatic heterocycles. The van der Waals surface area contributed by atoms with E-state index in [1.165, 1.54) is 29.6 Å². The number of hydrogen-bond acceptors (Lipinski definition) is 4. The summed E-state index contributed by atoms with van der Waals surface area (Å²) < 4.78 is 2.30. The first-order valence-electron chi connectivity index (χ1n) is 9.20. The minimum atomic E-state index is -0.230. The van der Waals surface area contributed by atoms with Crippen LogP contribution in [0, 0.1) is 13.8 Å². The summed E-state index contributed by atoms with van der Waals surface area (Å²) in [5, 5.41) is 8.06. The Hall–Kier alpha value is -2.93. The SMILES string of the molecule is CCCn1c(C)cc(-c2csc(NC(=O)c3ccc(NC(C)=O)cc3)n2)c1C. The standard InChI is InChI=1S/C21H24N4O2S/c1-5-10-25-13(2)11-18(14(25)3)19-12-28-21(23-19)24-20(27)16-6-8-17(9-7-16)22-15(4)26/h6-9,11-12H,5,10H2,1-4H3,(H,22,26)(H,23,24,27). The van der Waals surface area contributed by atoms with Crippen molar-refractivity contribution in [3.05, 3.63) is 52.7 Å². The van der Waals surface area contributed by atoms with Gasteiger partial charge in [-0.3, -0.25) is 14.9 Å². The average molecular weight is 397 g/mol. The van der Waals surface area contributed by atoms with Crippen LogP contribution < -0.4 is 10.6 Å². The van der Waals surface area contributed by atoms with Crippen LogP contribution in [0.25, 0.3) is 11.3 Å². The Bertz CT molecular complexity index is 1000. The van der Waals surface area contributed by atoms with Crippen LogP contribution in [-0.4, -0.2) is 21.4 Å². The van der Waals surface area contributed by atoms with Crippen molar-refractivity contribution in [2.24, 2.45) is 0 Å². The molecule has 28 heavy (non-hydrogen) atoms. The van der Waals surface area contributed by atoms with Crippen LogP contribution in [0.15, 0.2) is 35.7 Å². The van der Waals surface area contributed by atoms with Gasteiger partial charge in [-0.2, -0.15) is 0 Å². The number of carbonyl (C=O) groups is 2. The Morgan fingerprint density at radius 1 is 1.14 bits per heavy atom. The van der Waals surface area contributed by atoms with Gasteiger partial charge in [0.05, 0.1) is 5.69 Å². The van der Waals surface area contributed by atoms with E-state index in [0.29, 0.717) is 16.4 Å². The van der Waals surface area contributed by atoms with E-state index in [4.69, 9.17) is 0 Å². The van der Waals surface area contributed by atoms with Gasteiger partial charge in [0.25, 0.3) is 5.91 Å². The summed E-state index contributed by atoms with van der Waals surface area (Å²) >= 11 is 1.41. The van der Waals surface area contributed by atoms with Gasteiger partial charge >= 0.3 is 0 Å². The Balaban J connectivity index is 1.73. The summed E-state index contributed by atoms with van der Waals surface area (Å²) in [4.78, 5) is 28.1. The number of hydrogen-bond donors (Lipinski definition) is 2. The van der Waals surface area contributed by atoms with Gasteiger partial charge in [-0.1, -0.05) is 6.92 Å². The van der Waals surface area contributed by atoms with E-state index in [2.05, 4.69) is 47.0 Å². The summed E-state index contributed by atoms with van der Waals surface area (Å²) in [6, 6.07) is 8.89. The number of rotatable bonds is 6. The number of anilines is 2. The number of nitrogens with one attached hydrogen (secondary N) is 2. The molecular weight excluding hydrogens is 372 g/mol. The predicted molar refractivity (Wildman–Crippen MR) is 114 cm³/mol. The van der Waals surface area contributed by atoms with Crippen LogP contribution in [0.3, 0.4) is 0 Å². The van der Waals surface area contributed by atoms with E-state index in [9.17, 15) is 9.59 Å². The number of aryl methyl sites for hydroxylation is 1. The lowest BCUT2D eigenvalue weighted by molar-refractivity contribution is -0.114. The molecular formula is C21H24N4O2S. The summed E-state index contributed by atoms with van der Waals surface area (Å²) in [5.74, 6) is -0.377. The minimum Gasteiger partial charge on any atom is -0.348 e. The number of amides is 2. The maximum absolute atomic E-state index is 12.5. The molecule has 3 aromatic rings. The summed E-state index contributed by atoms with van der Waals surface area (Å²) in [6.07, 6.45) is 1.08. The molecule has 0 spiro atoms. The highest BCUT2D eigenvalue weighted by Gasteiger charge is 2.15. The molecule has 0 unspecified atom stereocenters.